The minimum Gasteiger partial charge on any atom is -0.465 e. The van der Waals surface area contributed by atoms with E-state index in [9.17, 15) is 13.6 Å². The Balaban J connectivity index is 1.91. The third kappa shape index (κ3) is 3.22. The lowest BCUT2D eigenvalue weighted by molar-refractivity contribution is -0.0498. The third-order valence-electron chi connectivity index (χ3n) is 3.70. The van der Waals surface area contributed by atoms with Gasteiger partial charge in [0.05, 0.1) is 12.7 Å². The van der Waals surface area contributed by atoms with Crippen LogP contribution in [0.1, 0.15) is 15.9 Å². The Morgan fingerprint density at radius 3 is 2.50 bits per heavy atom. The minimum atomic E-state index is -2.84. The van der Waals surface area contributed by atoms with Gasteiger partial charge in [0.2, 0.25) is 0 Å². The van der Waals surface area contributed by atoms with Gasteiger partial charge in [0.25, 0.3) is 0 Å². The molecule has 1 aromatic heterocycles. The molecular formula is C18H15F2NO3. The predicted octanol–water partition coefficient (Wildman–Crippen LogP) is 4.08. The first-order chi connectivity index (χ1) is 11.6. The van der Waals surface area contributed by atoms with Crippen molar-refractivity contribution in [3.63, 3.8) is 0 Å². The van der Waals surface area contributed by atoms with E-state index in [4.69, 9.17) is 4.74 Å². The molecule has 3 rings (SSSR count). The van der Waals surface area contributed by atoms with E-state index in [-0.39, 0.29) is 5.75 Å². The first kappa shape index (κ1) is 16.0. The van der Waals surface area contributed by atoms with Gasteiger partial charge in [-0.15, -0.1) is 0 Å². The smallest absolute Gasteiger partial charge is 0.387 e. The summed E-state index contributed by atoms with van der Waals surface area (Å²) in [7, 11) is 1.34. The molecule has 0 aliphatic rings. The van der Waals surface area contributed by atoms with Gasteiger partial charge in [0.15, 0.2) is 0 Å². The molecule has 0 fully saturated rings. The molecule has 24 heavy (non-hydrogen) atoms. The zero-order valence-corrected chi connectivity index (χ0v) is 12.9. The molecule has 0 saturated heterocycles. The number of hydrogen-bond donors (Lipinski definition) is 0. The number of benzene rings is 2. The van der Waals surface area contributed by atoms with Crippen molar-refractivity contribution in [2.45, 2.75) is 13.2 Å². The van der Waals surface area contributed by atoms with Crippen molar-refractivity contribution >= 4 is 16.9 Å². The Bertz CT molecular complexity index is 856. The highest BCUT2D eigenvalue weighted by atomic mass is 19.3. The lowest BCUT2D eigenvalue weighted by Gasteiger charge is -2.08. The van der Waals surface area contributed by atoms with E-state index < -0.39 is 12.6 Å². The molecular weight excluding hydrogens is 316 g/mol. The second-order valence-electron chi connectivity index (χ2n) is 5.20. The molecule has 4 nitrogen and oxygen atoms in total. The molecule has 0 amide bonds. The van der Waals surface area contributed by atoms with Crippen LogP contribution in [-0.2, 0) is 11.3 Å². The predicted molar refractivity (Wildman–Crippen MR) is 85.5 cm³/mol. The van der Waals surface area contributed by atoms with Crippen LogP contribution < -0.4 is 4.74 Å². The summed E-state index contributed by atoms with van der Waals surface area (Å²) in [6.07, 6.45) is 1.74. The number of carbonyl (C=O) groups excluding carboxylic acids is 1. The van der Waals surface area contributed by atoms with Gasteiger partial charge in [-0.3, -0.25) is 0 Å². The maximum Gasteiger partial charge on any atom is 0.387 e. The Morgan fingerprint density at radius 1 is 1.12 bits per heavy atom. The van der Waals surface area contributed by atoms with Crippen LogP contribution in [0, 0.1) is 0 Å². The Kier molecular flexibility index (Phi) is 4.46. The van der Waals surface area contributed by atoms with Gasteiger partial charge in [-0.1, -0.05) is 30.3 Å². The third-order valence-corrected chi connectivity index (χ3v) is 3.70. The number of nitrogens with zero attached hydrogens (tertiary/aromatic N) is 1. The van der Waals surface area contributed by atoms with E-state index in [0.29, 0.717) is 12.1 Å². The number of carbonyl (C=O) groups is 1. The molecule has 0 bridgehead atoms. The van der Waals surface area contributed by atoms with Crippen LogP contribution in [0.2, 0.25) is 0 Å². The van der Waals surface area contributed by atoms with E-state index in [1.54, 1.807) is 18.3 Å². The molecule has 0 spiro atoms. The summed E-state index contributed by atoms with van der Waals surface area (Å²) in [4.78, 5) is 11.9. The van der Waals surface area contributed by atoms with E-state index in [1.165, 1.54) is 19.2 Å². The molecule has 0 atom stereocenters. The molecule has 6 heteroatoms. The standard InChI is InChI=1S/C18H15F2NO3/c1-23-17(22)15-11-21(16-5-3-2-4-14(15)16)10-12-6-8-13(9-7-12)24-18(19)20/h2-9,11,18H,10H2,1H3. The van der Waals surface area contributed by atoms with Crippen LogP contribution in [0.4, 0.5) is 8.78 Å². The molecule has 3 aromatic rings. The van der Waals surface area contributed by atoms with Gasteiger partial charge in [-0.2, -0.15) is 8.78 Å². The van der Waals surface area contributed by atoms with E-state index >= 15 is 0 Å². The van der Waals surface area contributed by atoms with Crippen molar-refractivity contribution in [1.29, 1.82) is 0 Å². The lowest BCUT2D eigenvalue weighted by Crippen LogP contribution is -2.03. The fraction of sp³-hybridized carbons (Fsp3) is 0.167. The first-order valence-corrected chi connectivity index (χ1v) is 7.28. The zero-order chi connectivity index (χ0) is 17.1. The van der Waals surface area contributed by atoms with Crippen molar-refractivity contribution in [3.8, 4) is 5.75 Å². The first-order valence-electron chi connectivity index (χ1n) is 7.28. The Morgan fingerprint density at radius 2 is 1.83 bits per heavy atom. The van der Waals surface area contributed by atoms with Gasteiger partial charge in [0.1, 0.15) is 5.75 Å². The zero-order valence-electron chi connectivity index (χ0n) is 12.9. The molecule has 2 aromatic carbocycles. The largest absolute Gasteiger partial charge is 0.465 e. The number of hydrogen-bond acceptors (Lipinski definition) is 3. The summed E-state index contributed by atoms with van der Waals surface area (Å²) < 4.78 is 35.4. The van der Waals surface area contributed by atoms with Crippen LogP contribution in [-0.4, -0.2) is 24.3 Å². The maximum absolute atomic E-state index is 12.2. The number of fused-ring (bicyclic) bond motifs is 1. The van der Waals surface area contributed by atoms with Gasteiger partial charge in [0, 0.05) is 23.6 Å². The highest BCUT2D eigenvalue weighted by Crippen LogP contribution is 2.24. The molecule has 0 unspecified atom stereocenters. The number of para-hydroxylation sites is 1. The average Bonchev–Trinajstić information content (AvgIpc) is 2.94. The van der Waals surface area contributed by atoms with Crippen molar-refractivity contribution in [3.05, 3.63) is 65.9 Å². The van der Waals surface area contributed by atoms with E-state index in [0.717, 1.165) is 16.5 Å². The van der Waals surface area contributed by atoms with Crippen molar-refractivity contribution in [2.75, 3.05) is 7.11 Å². The number of halogens is 2. The number of alkyl halides is 2. The monoisotopic (exact) mass is 331 g/mol. The second-order valence-corrected chi connectivity index (χ2v) is 5.20. The Hall–Kier alpha value is -2.89. The maximum atomic E-state index is 12.2. The summed E-state index contributed by atoms with van der Waals surface area (Å²) in [5.41, 5.74) is 2.28. The van der Waals surface area contributed by atoms with Crippen molar-refractivity contribution < 1.29 is 23.0 Å². The molecule has 0 saturated carbocycles. The van der Waals surface area contributed by atoms with Crippen LogP contribution in [0.15, 0.2) is 54.7 Å². The second kappa shape index (κ2) is 6.70. The highest BCUT2D eigenvalue weighted by Gasteiger charge is 2.15. The van der Waals surface area contributed by atoms with Gasteiger partial charge < -0.3 is 14.0 Å². The highest BCUT2D eigenvalue weighted by molar-refractivity contribution is 6.04. The van der Waals surface area contributed by atoms with E-state index in [1.807, 2.05) is 28.8 Å². The summed E-state index contributed by atoms with van der Waals surface area (Å²) in [5, 5.41) is 0.807. The van der Waals surface area contributed by atoms with Crippen LogP contribution >= 0.6 is 0 Å². The quantitative estimate of drug-likeness (QED) is 0.662. The molecule has 1 heterocycles. The van der Waals surface area contributed by atoms with Gasteiger partial charge in [-0.05, 0) is 23.8 Å². The molecule has 0 aliphatic heterocycles. The van der Waals surface area contributed by atoms with Crippen LogP contribution in [0.5, 0.6) is 5.75 Å². The van der Waals surface area contributed by atoms with Crippen LogP contribution in [0.3, 0.4) is 0 Å². The molecule has 0 N–H and O–H groups in total. The normalized spacial score (nSPS) is 11.0. The van der Waals surface area contributed by atoms with E-state index in [2.05, 4.69) is 4.74 Å². The fourth-order valence-electron chi connectivity index (χ4n) is 2.62. The number of rotatable bonds is 5. The number of ether oxygens (including phenoxy) is 2. The summed E-state index contributed by atoms with van der Waals surface area (Å²) in [6.45, 7) is -2.35. The number of methoxy groups -OCH3 is 1. The number of esters is 1. The summed E-state index contributed by atoms with van der Waals surface area (Å²) in [5.74, 6) is -0.285. The lowest BCUT2D eigenvalue weighted by atomic mass is 10.2. The van der Waals surface area contributed by atoms with Gasteiger partial charge >= 0.3 is 12.6 Å². The number of aromatic nitrogens is 1. The molecule has 0 radical (unpaired) electrons. The fourth-order valence-corrected chi connectivity index (χ4v) is 2.62. The molecule has 124 valence electrons. The Labute approximate surface area is 137 Å². The minimum absolute atomic E-state index is 0.112. The topological polar surface area (TPSA) is 40.5 Å². The molecule has 0 aliphatic carbocycles. The van der Waals surface area contributed by atoms with Crippen LogP contribution in [0.25, 0.3) is 10.9 Å². The van der Waals surface area contributed by atoms with Gasteiger partial charge in [-0.25, -0.2) is 4.79 Å². The summed E-state index contributed by atoms with van der Waals surface area (Å²) in [6, 6.07) is 13.9. The average molecular weight is 331 g/mol. The summed E-state index contributed by atoms with van der Waals surface area (Å²) >= 11 is 0. The SMILES string of the molecule is COC(=O)c1cn(Cc2ccc(OC(F)F)cc2)c2ccccc12. The van der Waals surface area contributed by atoms with Crippen molar-refractivity contribution in [2.24, 2.45) is 0 Å². The van der Waals surface area contributed by atoms with Crippen molar-refractivity contribution in [1.82, 2.24) is 4.57 Å².